The van der Waals surface area contributed by atoms with Crippen LogP contribution in [0.3, 0.4) is 0 Å². The van der Waals surface area contributed by atoms with Crippen molar-refractivity contribution in [1.29, 1.82) is 0 Å². The Morgan fingerprint density at radius 3 is 2.67 bits per heavy atom. The van der Waals surface area contributed by atoms with Gasteiger partial charge in [0.05, 0.1) is 12.1 Å². The Balaban J connectivity index is 2.55. The van der Waals surface area contributed by atoms with Gasteiger partial charge in [-0.3, -0.25) is 9.69 Å². The number of likely N-dealkylation sites (N-methyl/N-ethyl adjacent to an activating group) is 1. The summed E-state index contributed by atoms with van der Waals surface area (Å²) < 4.78 is 0. The second kappa shape index (κ2) is 7.82. The Labute approximate surface area is 127 Å². The highest BCUT2D eigenvalue weighted by atomic mass is 16.3. The van der Waals surface area contributed by atoms with E-state index in [1.54, 1.807) is 18.2 Å². The zero-order chi connectivity index (χ0) is 15.9. The average molecular weight is 288 g/mol. The number of hydrogen-bond donors (Lipinski definition) is 2. The summed E-state index contributed by atoms with van der Waals surface area (Å²) in [5.41, 5.74) is 0.677. The quantitative estimate of drug-likeness (QED) is 0.755. The SMILES string of the molecule is C#Cc1cccc(NC(=O)CN(C)CC(O)(CC)CC)c1. The fraction of sp³-hybridized carbons (Fsp3) is 0.471. The van der Waals surface area contributed by atoms with Gasteiger partial charge in [0.25, 0.3) is 0 Å². The number of amides is 1. The molecule has 2 N–H and O–H groups in total. The van der Waals surface area contributed by atoms with Crippen molar-refractivity contribution >= 4 is 11.6 Å². The third-order valence-corrected chi connectivity index (χ3v) is 3.61. The molecule has 114 valence electrons. The van der Waals surface area contributed by atoms with Crippen LogP contribution in [0.15, 0.2) is 24.3 Å². The summed E-state index contributed by atoms with van der Waals surface area (Å²) in [6.45, 7) is 4.59. The first kappa shape index (κ1) is 17.2. The number of carbonyl (C=O) groups is 1. The largest absolute Gasteiger partial charge is 0.389 e. The Bertz CT molecular complexity index is 516. The van der Waals surface area contributed by atoms with Crippen LogP contribution in [0.4, 0.5) is 5.69 Å². The molecule has 0 unspecified atom stereocenters. The minimum Gasteiger partial charge on any atom is -0.389 e. The standard InChI is InChI=1S/C17H24N2O2/c1-5-14-9-8-10-15(11-14)18-16(20)12-19(4)13-17(21,6-2)7-3/h1,8-11,21H,6-7,12-13H2,2-4H3,(H,18,20). The van der Waals surface area contributed by atoms with Crippen LogP contribution in [-0.2, 0) is 4.79 Å². The Hall–Kier alpha value is -1.83. The lowest BCUT2D eigenvalue weighted by atomic mass is 9.97. The average Bonchev–Trinajstić information content (AvgIpc) is 2.46. The van der Waals surface area contributed by atoms with Crippen molar-refractivity contribution < 1.29 is 9.90 Å². The molecular weight excluding hydrogens is 264 g/mol. The van der Waals surface area contributed by atoms with E-state index in [-0.39, 0.29) is 12.5 Å². The lowest BCUT2D eigenvalue weighted by molar-refractivity contribution is -0.117. The third-order valence-electron chi connectivity index (χ3n) is 3.61. The summed E-state index contributed by atoms with van der Waals surface area (Å²) in [5.74, 6) is 2.41. The van der Waals surface area contributed by atoms with Crippen molar-refractivity contribution in [2.75, 3.05) is 25.5 Å². The Morgan fingerprint density at radius 1 is 1.43 bits per heavy atom. The first-order valence-electron chi connectivity index (χ1n) is 7.20. The summed E-state index contributed by atoms with van der Waals surface area (Å²) >= 11 is 0. The highest BCUT2D eigenvalue weighted by Gasteiger charge is 2.24. The van der Waals surface area contributed by atoms with E-state index in [2.05, 4.69) is 11.2 Å². The molecule has 0 aliphatic rings. The summed E-state index contributed by atoms with van der Waals surface area (Å²) in [4.78, 5) is 13.8. The maximum absolute atomic E-state index is 12.0. The number of anilines is 1. The van der Waals surface area contributed by atoms with Crippen molar-refractivity contribution in [3.63, 3.8) is 0 Å². The monoisotopic (exact) mass is 288 g/mol. The molecule has 4 heteroatoms. The van der Waals surface area contributed by atoms with E-state index >= 15 is 0 Å². The molecule has 0 aliphatic carbocycles. The van der Waals surface area contributed by atoms with E-state index < -0.39 is 5.60 Å². The molecule has 0 aliphatic heterocycles. The molecule has 0 radical (unpaired) electrons. The highest BCUT2D eigenvalue weighted by Crippen LogP contribution is 2.16. The van der Waals surface area contributed by atoms with Gasteiger partial charge in [-0.05, 0) is 38.1 Å². The van der Waals surface area contributed by atoms with Crippen molar-refractivity contribution in [3.05, 3.63) is 29.8 Å². The lowest BCUT2D eigenvalue weighted by Gasteiger charge is -2.30. The molecular formula is C17H24N2O2. The zero-order valence-electron chi connectivity index (χ0n) is 13.0. The number of carbonyl (C=O) groups excluding carboxylic acids is 1. The van der Waals surface area contributed by atoms with Gasteiger partial charge in [0, 0.05) is 17.8 Å². The van der Waals surface area contributed by atoms with Crippen LogP contribution in [0.2, 0.25) is 0 Å². The number of terminal acetylenes is 1. The molecule has 4 nitrogen and oxygen atoms in total. The van der Waals surface area contributed by atoms with Gasteiger partial charge in [0.15, 0.2) is 0 Å². The molecule has 0 fully saturated rings. The second-order valence-corrected chi connectivity index (χ2v) is 5.38. The molecule has 0 saturated heterocycles. The fourth-order valence-electron chi connectivity index (χ4n) is 2.16. The second-order valence-electron chi connectivity index (χ2n) is 5.38. The fourth-order valence-corrected chi connectivity index (χ4v) is 2.16. The summed E-state index contributed by atoms with van der Waals surface area (Å²) in [7, 11) is 1.83. The normalized spacial score (nSPS) is 11.2. The van der Waals surface area contributed by atoms with E-state index in [0.29, 0.717) is 25.1 Å². The summed E-state index contributed by atoms with van der Waals surface area (Å²) in [5, 5.41) is 13.1. The topological polar surface area (TPSA) is 52.6 Å². The predicted molar refractivity (Wildman–Crippen MR) is 86.0 cm³/mol. The number of hydrogen-bond acceptors (Lipinski definition) is 3. The smallest absolute Gasteiger partial charge is 0.238 e. The van der Waals surface area contributed by atoms with Crippen LogP contribution in [-0.4, -0.2) is 41.7 Å². The Morgan fingerprint density at radius 2 is 2.10 bits per heavy atom. The minimum absolute atomic E-state index is 0.124. The van der Waals surface area contributed by atoms with Crippen LogP contribution in [0.25, 0.3) is 0 Å². The highest BCUT2D eigenvalue weighted by molar-refractivity contribution is 5.92. The van der Waals surface area contributed by atoms with Crippen LogP contribution in [0, 0.1) is 12.3 Å². The van der Waals surface area contributed by atoms with Gasteiger partial charge in [-0.15, -0.1) is 6.42 Å². The molecule has 21 heavy (non-hydrogen) atoms. The molecule has 0 atom stereocenters. The van der Waals surface area contributed by atoms with Gasteiger partial charge in [-0.2, -0.15) is 0 Å². The Kier molecular flexibility index (Phi) is 6.41. The number of benzene rings is 1. The molecule has 0 spiro atoms. The number of aliphatic hydroxyl groups is 1. The van der Waals surface area contributed by atoms with E-state index in [0.717, 1.165) is 5.56 Å². The molecule has 1 rings (SSSR count). The van der Waals surface area contributed by atoms with Gasteiger partial charge in [0.2, 0.25) is 5.91 Å². The van der Waals surface area contributed by atoms with Crippen LogP contribution in [0.1, 0.15) is 32.3 Å². The van der Waals surface area contributed by atoms with E-state index in [9.17, 15) is 9.90 Å². The van der Waals surface area contributed by atoms with Crippen LogP contribution < -0.4 is 5.32 Å². The minimum atomic E-state index is -0.738. The van der Waals surface area contributed by atoms with Gasteiger partial charge in [0.1, 0.15) is 0 Å². The zero-order valence-corrected chi connectivity index (χ0v) is 13.0. The van der Waals surface area contributed by atoms with E-state index in [1.807, 2.05) is 31.9 Å². The predicted octanol–water partition coefficient (Wildman–Crippen LogP) is 2.09. The van der Waals surface area contributed by atoms with Gasteiger partial charge in [-0.1, -0.05) is 25.8 Å². The summed E-state index contributed by atoms with van der Waals surface area (Å²) in [6, 6.07) is 7.17. The summed E-state index contributed by atoms with van der Waals surface area (Å²) in [6.07, 6.45) is 6.66. The van der Waals surface area contributed by atoms with Crippen molar-refractivity contribution in [1.82, 2.24) is 4.90 Å². The molecule has 1 aromatic carbocycles. The van der Waals surface area contributed by atoms with Crippen LogP contribution >= 0.6 is 0 Å². The van der Waals surface area contributed by atoms with E-state index in [1.165, 1.54) is 0 Å². The van der Waals surface area contributed by atoms with E-state index in [4.69, 9.17) is 6.42 Å². The first-order valence-corrected chi connectivity index (χ1v) is 7.20. The van der Waals surface area contributed by atoms with Gasteiger partial charge >= 0.3 is 0 Å². The number of nitrogens with one attached hydrogen (secondary N) is 1. The maximum atomic E-state index is 12.0. The van der Waals surface area contributed by atoms with Crippen molar-refractivity contribution in [3.8, 4) is 12.3 Å². The lowest BCUT2D eigenvalue weighted by Crippen LogP contribution is -2.43. The molecule has 0 bridgehead atoms. The third kappa shape index (κ3) is 5.58. The number of nitrogens with zero attached hydrogens (tertiary/aromatic N) is 1. The molecule has 0 aromatic heterocycles. The van der Waals surface area contributed by atoms with Crippen LogP contribution in [0.5, 0.6) is 0 Å². The first-order chi connectivity index (χ1) is 9.92. The molecule has 0 heterocycles. The van der Waals surface area contributed by atoms with Gasteiger partial charge < -0.3 is 10.4 Å². The van der Waals surface area contributed by atoms with Crippen molar-refractivity contribution in [2.24, 2.45) is 0 Å². The molecule has 1 aromatic rings. The van der Waals surface area contributed by atoms with Crippen molar-refractivity contribution in [2.45, 2.75) is 32.3 Å². The molecule has 0 saturated carbocycles. The maximum Gasteiger partial charge on any atom is 0.238 e. The molecule has 1 amide bonds. The van der Waals surface area contributed by atoms with Gasteiger partial charge in [-0.25, -0.2) is 0 Å². The number of rotatable bonds is 7.